The number of halogens is 1. The quantitative estimate of drug-likeness (QED) is 0.110. The third-order valence-corrected chi connectivity index (χ3v) is 6.90. The highest BCUT2D eigenvalue weighted by molar-refractivity contribution is 14.1. The highest BCUT2D eigenvalue weighted by atomic mass is 127. The van der Waals surface area contributed by atoms with Crippen molar-refractivity contribution in [3.63, 3.8) is 0 Å². The fourth-order valence-electron chi connectivity index (χ4n) is 4.44. The predicted molar refractivity (Wildman–Crippen MR) is 156 cm³/mol. The van der Waals surface area contributed by atoms with Crippen LogP contribution in [0.5, 0.6) is 11.5 Å². The Labute approximate surface area is 224 Å². The number of hydrogen-bond donors (Lipinski definition) is 0. The summed E-state index contributed by atoms with van der Waals surface area (Å²) in [6, 6.07) is 35.1. The van der Waals surface area contributed by atoms with Crippen LogP contribution in [0, 0.1) is 14.9 Å². The maximum absolute atomic E-state index is 10.0. The molecule has 5 aromatic carbocycles. The molecule has 4 heteroatoms. The van der Waals surface area contributed by atoms with E-state index in [1.54, 1.807) is 0 Å². The van der Waals surface area contributed by atoms with Crippen LogP contribution < -0.4 is 9.47 Å². The SMILES string of the molecule is CCOc1cc(/C=C(/C#N)c2cccc3ccccc23)cc(I)c1OCc1cccc2ccccc12. The fourth-order valence-corrected chi connectivity index (χ4v) is 5.22. The molecule has 0 N–H and O–H groups in total. The zero-order chi connectivity index (χ0) is 24.9. The molecule has 0 aliphatic heterocycles. The maximum atomic E-state index is 10.0. The first-order valence-electron chi connectivity index (χ1n) is 11.8. The van der Waals surface area contributed by atoms with Gasteiger partial charge in [0.25, 0.3) is 0 Å². The molecule has 0 saturated heterocycles. The molecule has 0 aliphatic carbocycles. The first-order valence-corrected chi connectivity index (χ1v) is 12.9. The van der Waals surface area contributed by atoms with Gasteiger partial charge in [0.15, 0.2) is 11.5 Å². The van der Waals surface area contributed by atoms with Crippen molar-refractivity contribution in [2.45, 2.75) is 13.5 Å². The Hall–Kier alpha value is -3.82. The van der Waals surface area contributed by atoms with Gasteiger partial charge in [-0.15, -0.1) is 0 Å². The van der Waals surface area contributed by atoms with E-state index in [0.717, 1.165) is 31.0 Å². The van der Waals surface area contributed by atoms with Crippen LogP contribution >= 0.6 is 22.6 Å². The van der Waals surface area contributed by atoms with Gasteiger partial charge >= 0.3 is 0 Å². The molecule has 0 amide bonds. The first kappa shape index (κ1) is 23.9. The number of fused-ring (bicyclic) bond motifs is 2. The van der Waals surface area contributed by atoms with E-state index in [1.807, 2.05) is 61.5 Å². The van der Waals surface area contributed by atoms with Crippen molar-refractivity contribution in [3.05, 3.63) is 117 Å². The normalized spacial score (nSPS) is 11.4. The van der Waals surface area contributed by atoms with Gasteiger partial charge in [0.05, 0.1) is 21.8 Å². The van der Waals surface area contributed by atoms with E-state index in [1.165, 1.54) is 10.8 Å². The summed E-state index contributed by atoms with van der Waals surface area (Å²) in [4.78, 5) is 0. The van der Waals surface area contributed by atoms with Crippen molar-refractivity contribution in [2.24, 2.45) is 0 Å². The molecule has 5 rings (SSSR count). The van der Waals surface area contributed by atoms with Gasteiger partial charge in [0, 0.05) is 5.56 Å². The van der Waals surface area contributed by atoms with Gasteiger partial charge in [0.1, 0.15) is 6.61 Å². The van der Waals surface area contributed by atoms with Crippen molar-refractivity contribution < 1.29 is 9.47 Å². The second-order valence-electron chi connectivity index (χ2n) is 8.39. The minimum Gasteiger partial charge on any atom is -0.490 e. The Kier molecular flexibility index (Phi) is 7.20. The van der Waals surface area contributed by atoms with Crippen LogP contribution in [0.4, 0.5) is 0 Å². The number of hydrogen-bond acceptors (Lipinski definition) is 3. The molecule has 0 unspecified atom stereocenters. The standard InChI is InChI=1S/C32H24INO2/c1-2-35-31-19-22(17-26(20-34)29-16-8-12-24-10-4-6-15-28(24)29)18-30(33)32(31)36-21-25-13-7-11-23-9-3-5-14-27(23)25/h3-19H,2,21H2,1H3/b26-17-. The van der Waals surface area contributed by atoms with E-state index >= 15 is 0 Å². The van der Waals surface area contributed by atoms with Crippen LogP contribution in [-0.2, 0) is 6.61 Å². The molecule has 0 radical (unpaired) electrons. The number of benzene rings is 5. The monoisotopic (exact) mass is 581 g/mol. The number of nitriles is 1. The zero-order valence-corrected chi connectivity index (χ0v) is 22.0. The lowest BCUT2D eigenvalue weighted by Crippen LogP contribution is -2.02. The first-order chi connectivity index (χ1) is 17.7. The molecule has 0 atom stereocenters. The fraction of sp³-hybridized carbons (Fsp3) is 0.0938. The van der Waals surface area contributed by atoms with E-state index < -0.39 is 0 Å². The lowest BCUT2D eigenvalue weighted by atomic mass is 9.97. The van der Waals surface area contributed by atoms with E-state index in [2.05, 4.69) is 77.2 Å². The van der Waals surface area contributed by atoms with E-state index in [-0.39, 0.29) is 0 Å². The van der Waals surface area contributed by atoms with Gasteiger partial charge in [-0.05, 0) is 80.4 Å². The average molecular weight is 581 g/mol. The lowest BCUT2D eigenvalue weighted by Gasteiger charge is -2.16. The minimum absolute atomic E-state index is 0.437. The second-order valence-corrected chi connectivity index (χ2v) is 9.55. The molecule has 0 aliphatic rings. The van der Waals surface area contributed by atoms with Crippen LogP contribution in [0.15, 0.2) is 97.1 Å². The lowest BCUT2D eigenvalue weighted by molar-refractivity contribution is 0.268. The van der Waals surface area contributed by atoms with Crippen molar-refractivity contribution in [1.29, 1.82) is 5.26 Å². The van der Waals surface area contributed by atoms with Crippen LogP contribution in [0.1, 0.15) is 23.6 Å². The van der Waals surface area contributed by atoms with Crippen LogP contribution in [0.2, 0.25) is 0 Å². The molecule has 0 fully saturated rings. The highest BCUT2D eigenvalue weighted by Gasteiger charge is 2.14. The Bertz CT molecular complexity index is 1620. The molecule has 0 heterocycles. The Balaban J connectivity index is 1.50. The molecule has 3 nitrogen and oxygen atoms in total. The molecule has 36 heavy (non-hydrogen) atoms. The largest absolute Gasteiger partial charge is 0.490 e. The molecule has 0 spiro atoms. The van der Waals surface area contributed by atoms with Crippen molar-refractivity contribution in [3.8, 4) is 17.6 Å². The molecular weight excluding hydrogens is 557 g/mol. The third-order valence-electron chi connectivity index (χ3n) is 6.09. The van der Waals surface area contributed by atoms with Crippen LogP contribution in [0.3, 0.4) is 0 Å². The average Bonchev–Trinajstić information content (AvgIpc) is 2.91. The van der Waals surface area contributed by atoms with Crippen molar-refractivity contribution in [2.75, 3.05) is 6.61 Å². The summed E-state index contributed by atoms with van der Waals surface area (Å²) in [6.45, 7) is 2.91. The number of rotatable bonds is 7. The smallest absolute Gasteiger partial charge is 0.175 e. The van der Waals surface area contributed by atoms with Crippen molar-refractivity contribution in [1.82, 2.24) is 0 Å². The summed E-state index contributed by atoms with van der Waals surface area (Å²) in [5, 5.41) is 14.6. The summed E-state index contributed by atoms with van der Waals surface area (Å²) < 4.78 is 13.2. The second kappa shape index (κ2) is 10.8. The molecular formula is C32H24INO2. The molecule has 0 saturated carbocycles. The van der Waals surface area contributed by atoms with Crippen molar-refractivity contribution >= 4 is 55.8 Å². The molecule has 0 aromatic heterocycles. The van der Waals surface area contributed by atoms with Gasteiger partial charge in [-0.2, -0.15) is 5.26 Å². The number of allylic oxidation sites excluding steroid dienone is 1. The van der Waals surface area contributed by atoms with E-state index in [4.69, 9.17) is 9.47 Å². The van der Waals surface area contributed by atoms with E-state index in [9.17, 15) is 5.26 Å². The van der Waals surface area contributed by atoms with Crippen LogP contribution in [0.25, 0.3) is 33.2 Å². The maximum Gasteiger partial charge on any atom is 0.175 e. The summed E-state index contributed by atoms with van der Waals surface area (Å²) >= 11 is 2.28. The summed E-state index contributed by atoms with van der Waals surface area (Å²) in [5.74, 6) is 1.39. The van der Waals surface area contributed by atoms with Gasteiger partial charge in [-0.25, -0.2) is 0 Å². The topological polar surface area (TPSA) is 42.2 Å². The molecule has 0 bridgehead atoms. The predicted octanol–water partition coefficient (Wildman–Crippen LogP) is 8.64. The Morgan fingerprint density at radius 1 is 0.833 bits per heavy atom. The van der Waals surface area contributed by atoms with Gasteiger partial charge in [-0.3, -0.25) is 0 Å². The zero-order valence-electron chi connectivity index (χ0n) is 19.9. The van der Waals surface area contributed by atoms with Gasteiger partial charge in [-0.1, -0.05) is 84.9 Å². The summed E-state index contributed by atoms with van der Waals surface area (Å²) in [6.07, 6.45) is 1.92. The highest BCUT2D eigenvalue weighted by Crippen LogP contribution is 2.37. The molecule has 5 aromatic rings. The van der Waals surface area contributed by atoms with Gasteiger partial charge in [0.2, 0.25) is 0 Å². The number of nitrogens with zero attached hydrogens (tertiary/aromatic N) is 1. The number of ether oxygens (including phenoxy) is 2. The van der Waals surface area contributed by atoms with Crippen LogP contribution in [-0.4, -0.2) is 6.61 Å². The van der Waals surface area contributed by atoms with E-state index in [0.29, 0.717) is 30.3 Å². The Morgan fingerprint density at radius 3 is 2.25 bits per heavy atom. The third kappa shape index (κ3) is 4.93. The van der Waals surface area contributed by atoms with Gasteiger partial charge < -0.3 is 9.47 Å². The minimum atomic E-state index is 0.437. The Morgan fingerprint density at radius 2 is 1.50 bits per heavy atom. The summed E-state index contributed by atoms with van der Waals surface area (Å²) in [7, 11) is 0. The molecule has 176 valence electrons. The summed E-state index contributed by atoms with van der Waals surface area (Å²) in [5.41, 5.74) is 3.54.